The quantitative estimate of drug-likeness (QED) is 0.263. The van der Waals surface area contributed by atoms with E-state index in [0.717, 1.165) is 48.5 Å². The molecule has 0 atom stereocenters. The predicted molar refractivity (Wildman–Crippen MR) is 139 cm³/mol. The number of amides is 1. The molecular formula is C25H30N6OS2. The summed E-state index contributed by atoms with van der Waals surface area (Å²) in [5, 5.41) is 8.03. The number of carbonyl (C=O) groups excluding carboxylic acids is 1. The Labute approximate surface area is 208 Å². The van der Waals surface area contributed by atoms with Crippen LogP contribution in [0.4, 0.5) is 10.8 Å². The lowest BCUT2D eigenvalue weighted by Gasteiger charge is -2.18. The number of aromatic nitrogens is 5. The second-order valence-electron chi connectivity index (χ2n) is 8.26. The highest BCUT2D eigenvalue weighted by atomic mass is 32.2. The van der Waals surface area contributed by atoms with E-state index in [-0.39, 0.29) is 5.91 Å². The van der Waals surface area contributed by atoms with Gasteiger partial charge in [0.25, 0.3) is 5.78 Å². The Morgan fingerprint density at radius 3 is 2.56 bits per heavy atom. The molecule has 0 spiro atoms. The number of hydrogen-bond acceptors (Lipinski definition) is 7. The second-order valence-corrected chi connectivity index (χ2v) is 10.0. The predicted octanol–water partition coefficient (Wildman–Crippen LogP) is 6.08. The number of thioether (sulfide) groups is 1. The monoisotopic (exact) mass is 494 g/mol. The molecule has 3 aromatic heterocycles. The zero-order valence-corrected chi connectivity index (χ0v) is 22.0. The second kappa shape index (κ2) is 10.7. The van der Waals surface area contributed by atoms with Gasteiger partial charge in [0.05, 0.1) is 11.4 Å². The van der Waals surface area contributed by atoms with Gasteiger partial charge in [-0.25, -0.2) is 14.5 Å². The van der Waals surface area contributed by atoms with Crippen molar-refractivity contribution >= 4 is 45.6 Å². The van der Waals surface area contributed by atoms with Gasteiger partial charge in [-0.3, -0.25) is 9.69 Å². The van der Waals surface area contributed by atoms with Gasteiger partial charge < -0.3 is 0 Å². The maximum atomic E-state index is 12.4. The number of thiazole rings is 1. The van der Waals surface area contributed by atoms with Crippen molar-refractivity contribution in [3.63, 3.8) is 0 Å². The molecule has 0 aliphatic heterocycles. The highest BCUT2D eigenvalue weighted by Crippen LogP contribution is 2.31. The maximum Gasteiger partial charge on any atom is 0.253 e. The molecule has 34 heavy (non-hydrogen) atoms. The summed E-state index contributed by atoms with van der Waals surface area (Å²) in [6, 6.07) is 8.05. The Morgan fingerprint density at radius 1 is 1.12 bits per heavy atom. The Bertz CT molecular complexity index is 1290. The molecule has 1 amide bonds. The van der Waals surface area contributed by atoms with Crippen molar-refractivity contribution in [2.24, 2.45) is 0 Å². The molecule has 0 saturated heterocycles. The van der Waals surface area contributed by atoms with Crippen molar-refractivity contribution in [1.82, 2.24) is 24.6 Å². The zero-order chi connectivity index (χ0) is 24.2. The molecule has 9 heteroatoms. The van der Waals surface area contributed by atoms with Crippen molar-refractivity contribution in [2.45, 2.75) is 71.2 Å². The van der Waals surface area contributed by atoms with Gasteiger partial charge in [-0.1, -0.05) is 44.2 Å². The normalized spacial score (nSPS) is 11.3. The number of carbonyl (C=O) groups is 1. The largest absolute Gasteiger partial charge is 0.274 e. The maximum absolute atomic E-state index is 12.4. The third-order valence-corrected chi connectivity index (χ3v) is 7.55. The van der Waals surface area contributed by atoms with Crippen LogP contribution in [0.1, 0.15) is 61.8 Å². The molecule has 0 bridgehead atoms. The number of fused-ring (bicyclic) bond motifs is 1. The SMILES string of the molecule is CCCCc1c(C)nc2nc(SCc3csc(N(C(C)=O)c4ccc(CC)cc4)n3)nn2c1C. The number of benzene rings is 1. The van der Waals surface area contributed by atoms with Gasteiger partial charge in [0.2, 0.25) is 11.1 Å². The van der Waals surface area contributed by atoms with Gasteiger partial charge in [-0.2, -0.15) is 4.98 Å². The molecule has 0 aliphatic carbocycles. The summed E-state index contributed by atoms with van der Waals surface area (Å²) in [6.45, 7) is 10.0. The summed E-state index contributed by atoms with van der Waals surface area (Å²) < 4.78 is 1.85. The van der Waals surface area contributed by atoms with Gasteiger partial charge in [-0.05, 0) is 56.4 Å². The van der Waals surface area contributed by atoms with Crippen LogP contribution < -0.4 is 4.90 Å². The van der Waals surface area contributed by atoms with Crippen LogP contribution in [0.5, 0.6) is 0 Å². The molecule has 0 aliphatic rings. The minimum absolute atomic E-state index is 0.0596. The van der Waals surface area contributed by atoms with Crippen LogP contribution in [0, 0.1) is 13.8 Å². The van der Waals surface area contributed by atoms with Crippen LogP contribution in [0.15, 0.2) is 34.8 Å². The van der Waals surface area contributed by atoms with Gasteiger partial charge in [0.1, 0.15) is 0 Å². The zero-order valence-electron chi connectivity index (χ0n) is 20.3. The molecule has 4 rings (SSSR count). The number of hydrogen-bond donors (Lipinski definition) is 0. The van der Waals surface area contributed by atoms with Crippen molar-refractivity contribution in [3.05, 3.63) is 57.9 Å². The van der Waals surface area contributed by atoms with E-state index in [2.05, 4.69) is 48.0 Å². The third kappa shape index (κ3) is 5.15. The fourth-order valence-corrected chi connectivity index (χ4v) is 5.58. The molecule has 4 aromatic rings. The van der Waals surface area contributed by atoms with Gasteiger partial charge >= 0.3 is 0 Å². The van der Waals surface area contributed by atoms with Gasteiger partial charge in [0, 0.05) is 29.4 Å². The molecule has 0 saturated carbocycles. The van der Waals surface area contributed by atoms with Crippen molar-refractivity contribution in [3.8, 4) is 0 Å². The first-order chi connectivity index (χ1) is 16.4. The van der Waals surface area contributed by atoms with Gasteiger partial charge in [0.15, 0.2) is 5.13 Å². The molecular weight excluding hydrogens is 464 g/mol. The van der Waals surface area contributed by atoms with Crippen LogP contribution in [-0.2, 0) is 23.4 Å². The van der Waals surface area contributed by atoms with E-state index in [1.54, 1.807) is 11.8 Å². The lowest BCUT2D eigenvalue weighted by atomic mass is 10.1. The Balaban J connectivity index is 1.50. The van der Waals surface area contributed by atoms with E-state index in [0.29, 0.717) is 21.8 Å². The van der Waals surface area contributed by atoms with Crippen LogP contribution in [0.25, 0.3) is 5.78 Å². The van der Waals surface area contributed by atoms with Crippen molar-refractivity contribution < 1.29 is 4.79 Å². The third-order valence-electron chi connectivity index (χ3n) is 5.81. The molecule has 0 fully saturated rings. The van der Waals surface area contributed by atoms with E-state index < -0.39 is 0 Å². The Hall–Kier alpha value is -2.78. The first-order valence-corrected chi connectivity index (χ1v) is 13.5. The first-order valence-electron chi connectivity index (χ1n) is 11.6. The lowest BCUT2D eigenvalue weighted by Crippen LogP contribution is -2.22. The minimum Gasteiger partial charge on any atom is -0.274 e. The Morgan fingerprint density at radius 2 is 1.88 bits per heavy atom. The molecule has 0 radical (unpaired) electrons. The van der Waals surface area contributed by atoms with Crippen LogP contribution in [0.2, 0.25) is 0 Å². The number of unbranched alkanes of at least 4 members (excludes halogenated alkanes) is 1. The molecule has 3 heterocycles. The standard InChI is InChI=1S/C25H30N6OS2/c1-6-8-9-22-16(3)26-23-28-24(29-31(23)17(22)4)33-14-20-15-34-25(27-20)30(18(5)32)21-12-10-19(7-2)11-13-21/h10-13,15H,6-9,14H2,1-5H3. The highest BCUT2D eigenvalue weighted by Gasteiger charge is 2.19. The number of rotatable bonds is 9. The fourth-order valence-electron chi connectivity index (χ4n) is 3.88. The average Bonchev–Trinajstić information content (AvgIpc) is 3.45. The van der Waals surface area contributed by atoms with Crippen LogP contribution in [-0.4, -0.2) is 30.5 Å². The first kappa shape index (κ1) is 24.3. The number of nitrogens with zero attached hydrogens (tertiary/aromatic N) is 6. The topological polar surface area (TPSA) is 76.3 Å². The summed E-state index contributed by atoms with van der Waals surface area (Å²) in [4.78, 5) is 28.1. The van der Waals surface area contributed by atoms with E-state index in [9.17, 15) is 4.79 Å². The number of aryl methyl sites for hydroxylation is 3. The fraction of sp³-hybridized carbons (Fsp3) is 0.400. The van der Waals surface area contributed by atoms with Crippen LogP contribution in [0.3, 0.4) is 0 Å². The number of anilines is 2. The molecule has 0 N–H and O–H groups in total. The molecule has 178 valence electrons. The van der Waals surface area contributed by atoms with Crippen LogP contribution >= 0.6 is 23.1 Å². The smallest absolute Gasteiger partial charge is 0.253 e. The Kier molecular flexibility index (Phi) is 7.63. The highest BCUT2D eigenvalue weighted by molar-refractivity contribution is 7.98. The van der Waals surface area contributed by atoms with Gasteiger partial charge in [-0.15, -0.1) is 16.4 Å². The average molecular weight is 495 g/mol. The summed E-state index contributed by atoms with van der Waals surface area (Å²) in [7, 11) is 0. The summed E-state index contributed by atoms with van der Waals surface area (Å²) in [5.74, 6) is 1.19. The van der Waals surface area contributed by atoms with E-state index >= 15 is 0 Å². The molecule has 7 nitrogen and oxygen atoms in total. The summed E-state index contributed by atoms with van der Waals surface area (Å²) in [6.07, 6.45) is 4.26. The summed E-state index contributed by atoms with van der Waals surface area (Å²) in [5.41, 5.74) is 6.36. The van der Waals surface area contributed by atoms with E-state index in [1.165, 1.54) is 34.2 Å². The minimum atomic E-state index is -0.0596. The van der Waals surface area contributed by atoms with Crippen molar-refractivity contribution in [1.29, 1.82) is 0 Å². The lowest BCUT2D eigenvalue weighted by molar-refractivity contribution is -0.115. The molecule has 0 unspecified atom stereocenters. The van der Waals surface area contributed by atoms with E-state index in [4.69, 9.17) is 4.98 Å². The molecule has 1 aromatic carbocycles. The summed E-state index contributed by atoms with van der Waals surface area (Å²) >= 11 is 3.00. The van der Waals surface area contributed by atoms with Crippen molar-refractivity contribution in [2.75, 3.05) is 4.90 Å². The van der Waals surface area contributed by atoms with E-state index in [1.807, 2.05) is 29.0 Å².